The molecule has 0 aromatic rings. The molecule has 0 radical (unpaired) electrons. The molecule has 6 nitrogen and oxygen atoms in total. The molecule has 1 atom stereocenters. The van der Waals surface area contributed by atoms with Gasteiger partial charge >= 0.3 is 0 Å². The van der Waals surface area contributed by atoms with Crippen LogP contribution in [0, 0.1) is 0 Å². The Morgan fingerprint density at radius 2 is 2.04 bits per heavy atom. The van der Waals surface area contributed by atoms with E-state index in [1.165, 1.54) is 6.42 Å². The lowest BCUT2D eigenvalue weighted by Crippen LogP contribution is -2.48. The Kier molecular flexibility index (Phi) is 8.02. The van der Waals surface area contributed by atoms with Gasteiger partial charge in [-0.25, -0.2) is 0 Å². The van der Waals surface area contributed by atoms with Gasteiger partial charge in [-0.3, -0.25) is 9.79 Å². The predicted octanol–water partition coefficient (Wildman–Crippen LogP) is 1.03. The zero-order chi connectivity index (χ0) is 16.5. The van der Waals surface area contributed by atoms with E-state index in [2.05, 4.69) is 40.8 Å². The summed E-state index contributed by atoms with van der Waals surface area (Å²) in [5.41, 5.74) is 0. The van der Waals surface area contributed by atoms with Gasteiger partial charge in [0.25, 0.3) is 0 Å². The van der Waals surface area contributed by atoms with Crippen molar-refractivity contribution in [3.8, 4) is 0 Å². The van der Waals surface area contributed by atoms with Crippen LogP contribution in [-0.2, 0) is 9.53 Å². The first kappa shape index (κ1) is 18.4. The van der Waals surface area contributed by atoms with Gasteiger partial charge in [0.05, 0.1) is 19.8 Å². The maximum absolute atomic E-state index is 12.2. The van der Waals surface area contributed by atoms with Crippen LogP contribution in [0.4, 0.5) is 0 Å². The van der Waals surface area contributed by atoms with Crippen LogP contribution in [0.2, 0.25) is 0 Å². The highest BCUT2D eigenvalue weighted by Gasteiger charge is 2.21. The van der Waals surface area contributed by atoms with Gasteiger partial charge in [-0.05, 0) is 13.3 Å². The quantitative estimate of drug-likeness (QED) is 0.597. The van der Waals surface area contributed by atoms with Crippen LogP contribution in [0.25, 0.3) is 0 Å². The molecule has 1 N–H and O–H groups in total. The van der Waals surface area contributed by atoms with Crippen molar-refractivity contribution in [2.75, 3.05) is 58.2 Å². The highest BCUT2D eigenvalue weighted by atomic mass is 32.2. The van der Waals surface area contributed by atoms with Gasteiger partial charge in [-0.2, -0.15) is 11.8 Å². The summed E-state index contributed by atoms with van der Waals surface area (Å²) in [4.78, 5) is 21.1. The lowest BCUT2D eigenvalue weighted by molar-refractivity contribution is -0.135. The van der Waals surface area contributed by atoms with Crippen molar-refractivity contribution in [2.24, 2.45) is 4.99 Å². The first-order chi connectivity index (χ1) is 11.2. The largest absolute Gasteiger partial charge is 0.378 e. The number of thioether (sulfide) groups is 1. The monoisotopic (exact) mass is 342 g/mol. The summed E-state index contributed by atoms with van der Waals surface area (Å²) in [6, 6.07) is 0. The Morgan fingerprint density at radius 1 is 1.26 bits per heavy atom. The topological polar surface area (TPSA) is 57.2 Å². The second kappa shape index (κ2) is 10.0. The predicted molar refractivity (Wildman–Crippen MR) is 96.1 cm³/mol. The van der Waals surface area contributed by atoms with Gasteiger partial charge in [0.2, 0.25) is 5.91 Å². The Hall–Kier alpha value is -0.950. The summed E-state index contributed by atoms with van der Waals surface area (Å²) in [7, 11) is 0. The van der Waals surface area contributed by atoms with Gasteiger partial charge in [-0.1, -0.05) is 6.92 Å². The van der Waals surface area contributed by atoms with Crippen LogP contribution in [0.15, 0.2) is 4.99 Å². The van der Waals surface area contributed by atoms with E-state index >= 15 is 0 Å². The van der Waals surface area contributed by atoms with E-state index in [4.69, 9.17) is 4.74 Å². The summed E-state index contributed by atoms with van der Waals surface area (Å²) < 4.78 is 5.28. The smallest absolute Gasteiger partial charge is 0.224 e. The van der Waals surface area contributed by atoms with Crippen LogP contribution in [0.3, 0.4) is 0 Å². The van der Waals surface area contributed by atoms with Gasteiger partial charge < -0.3 is 19.9 Å². The average molecular weight is 343 g/mol. The molecule has 1 amide bonds. The molecule has 0 aliphatic carbocycles. The molecule has 0 saturated carbocycles. The Labute approximate surface area is 144 Å². The summed E-state index contributed by atoms with van der Waals surface area (Å²) >= 11 is 2.05. The summed E-state index contributed by atoms with van der Waals surface area (Å²) in [5.74, 6) is 2.30. The van der Waals surface area contributed by atoms with Crippen LogP contribution in [0.1, 0.15) is 26.7 Å². The highest BCUT2D eigenvalue weighted by Crippen LogP contribution is 2.21. The van der Waals surface area contributed by atoms with Crippen molar-refractivity contribution in [3.05, 3.63) is 0 Å². The molecular formula is C16H30N4O2S. The van der Waals surface area contributed by atoms with Gasteiger partial charge in [0.15, 0.2) is 5.96 Å². The number of morpholine rings is 1. The molecule has 23 heavy (non-hydrogen) atoms. The minimum Gasteiger partial charge on any atom is -0.378 e. The molecule has 7 heteroatoms. The summed E-state index contributed by atoms with van der Waals surface area (Å²) in [6.07, 6.45) is 1.67. The van der Waals surface area contributed by atoms with Crippen molar-refractivity contribution in [1.29, 1.82) is 0 Å². The first-order valence-electron chi connectivity index (χ1n) is 8.75. The van der Waals surface area contributed by atoms with Gasteiger partial charge in [0, 0.05) is 50.1 Å². The fraction of sp³-hybridized carbons (Fsp3) is 0.875. The summed E-state index contributed by atoms with van der Waals surface area (Å²) in [5, 5.41) is 4.05. The van der Waals surface area contributed by atoms with Crippen molar-refractivity contribution in [2.45, 2.75) is 31.9 Å². The van der Waals surface area contributed by atoms with E-state index in [1.807, 2.05) is 4.90 Å². The lowest BCUT2D eigenvalue weighted by Gasteiger charge is -2.34. The van der Waals surface area contributed by atoms with Gasteiger partial charge in [-0.15, -0.1) is 0 Å². The molecule has 2 fully saturated rings. The zero-order valence-electron chi connectivity index (χ0n) is 14.4. The van der Waals surface area contributed by atoms with E-state index in [0.717, 1.165) is 31.3 Å². The van der Waals surface area contributed by atoms with Gasteiger partial charge in [0.1, 0.15) is 0 Å². The van der Waals surface area contributed by atoms with E-state index in [1.54, 1.807) is 0 Å². The van der Waals surface area contributed by atoms with E-state index < -0.39 is 0 Å². The second-order valence-electron chi connectivity index (χ2n) is 5.83. The number of ether oxygens (including phenoxy) is 1. The highest BCUT2D eigenvalue weighted by molar-refractivity contribution is 8.00. The number of guanidine groups is 1. The number of hydrogen-bond acceptors (Lipinski definition) is 4. The molecule has 2 heterocycles. The third-order valence-corrected chi connectivity index (χ3v) is 5.55. The first-order valence-corrected chi connectivity index (χ1v) is 9.79. The zero-order valence-corrected chi connectivity index (χ0v) is 15.2. The average Bonchev–Trinajstić information content (AvgIpc) is 2.61. The lowest BCUT2D eigenvalue weighted by atomic mass is 10.3. The number of carbonyl (C=O) groups excluding carboxylic acids is 1. The molecular weight excluding hydrogens is 312 g/mol. The Balaban J connectivity index is 1.84. The third-order valence-electron chi connectivity index (χ3n) is 4.18. The molecule has 2 aliphatic heterocycles. The molecule has 2 saturated heterocycles. The van der Waals surface area contributed by atoms with Crippen LogP contribution in [0.5, 0.6) is 0 Å². The standard InChI is InChI=1S/C16H30N4O2S/c1-3-14-13-20(9-12-23-14)16(17-4-2)18-6-5-15(21)19-7-10-22-11-8-19/h14H,3-13H2,1-2H3,(H,17,18). The maximum Gasteiger partial charge on any atom is 0.224 e. The number of nitrogens with one attached hydrogen (secondary N) is 1. The number of rotatable bonds is 5. The maximum atomic E-state index is 12.2. The fourth-order valence-electron chi connectivity index (χ4n) is 2.81. The van der Waals surface area contributed by atoms with E-state index in [0.29, 0.717) is 44.5 Å². The number of hydrogen-bond donors (Lipinski definition) is 1. The minimum atomic E-state index is 0.188. The number of nitrogens with zero attached hydrogens (tertiary/aromatic N) is 3. The normalized spacial score (nSPS) is 23.0. The van der Waals surface area contributed by atoms with Crippen LogP contribution >= 0.6 is 11.8 Å². The molecule has 0 aromatic carbocycles. The second-order valence-corrected chi connectivity index (χ2v) is 7.23. The summed E-state index contributed by atoms with van der Waals surface area (Å²) in [6.45, 7) is 10.6. The fourth-order valence-corrected chi connectivity index (χ4v) is 3.99. The SMILES string of the molecule is CCNC(=NCCC(=O)N1CCOCC1)N1CCSC(CC)C1. The Morgan fingerprint density at radius 3 is 2.74 bits per heavy atom. The molecule has 132 valence electrons. The van der Waals surface area contributed by atoms with Crippen LogP contribution in [-0.4, -0.2) is 85.2 Å². The molecule has 2 rings (SSSR count). The molecule has 0 aromatic heterocycles. The number of carbonyl (C=O) groups is 1. The molecule has 2 aliphatic rings. The number of amides is 1. The Bertz CT molecular complexity index is 400. The molecule has 1 unspecified atom stereocenters. The molecule has 0 bridgehead atoms. The third kappa shape index (κ3) is 5.88. The van der Waals surface area contributed by atoms with Crippen molar-refractivity contribution in [1.82, 2.24) is 15.1 Å². The van der Waals surface area contributed by atoms with Crippen molar-refractivity contribution < 1.29 is 9.53 Å². The van der Waals surface area contributed by atoms with E-state index in [9.17, 15) is 4.79 Å². The van der Waals surface area contributed by atoms with Crippen molar-refractivity contribution >= 4 is 23.6 Å². The number of aliphatic imine (C=N–C) groups is 1. The van der Waals surface area contributed by atoms with E-state index in [-0.39, 0.29) is 5.91 Å². The van der Waals surface area contributed by atoms with Crippen molar-refractivity contribution in [3.63, 3.8) is 0 Å². The molecule has 0 spiro atoms. The van der Waals surface area contributed by atoms with Crippen LogP contribution < -0.4 is 5.32 Å². The minimum absolute atomic E-state index is 0.188.